The second-order valence-corrected chi connectivity index (χ2v) is 9.86. The lowest BCUT2D eigenvalue weighted by molar-refractivity contribution is -0.149. The number of nitrogens with zero attached hydrogens (tertiary/aromatic N) is 2. The van der Waals surface area contributed by atoms with Gasteiger partial charge in [-0.1, -0.05) is 0 Å². The third-order valence-electron chi connectivity index (χ3n) is 5.27. The Balaban J connectivity index is 1.75. The van der Waals surface area contributed by atoms with Crippen LogP contribution in [0.15, 0.2) is 27.6 Å². The predicted octanol–water partition coefficient (Wildman–Crippen LogP) is 2.65. The van der Waals surface area contributed by atoms with Gasteiger partial charge in [-0.05, 0) is 66.7 Å². The van der Waals surface area contributed by atoms with Crippen molar-refractivity contribution in [2.75, 3.05) is 32.8 Å². The van der Waals surface area contributed by atoms with Gasteiger partial charge in [0.05, 0.1) is 23.0 Å². The first kappa shape index (κ1) is 21.3. The van der Waals surface area contributed by atoms with E-state index in [0.717, 1.165) is 12.8 Å². The first-order valence-electron chi connectivity index (χ1n) is 9.60. The molecular weight excluding hydrogens is 448 g/mol. The highest BCUT2D eigenvalue weighted by Gasteiger charge is 2.31. The van der Waals surface area contributed by atoms with E-state index in [1.54, 1.807) is 17.9 Å². The van der Waals surface area contributed by atoms with Crippen LogP contribution in [0.25, 0.3) is 0 Å². The molecule has 0 N–H and O–H groups in total. The maximum Gasteiger partial charge on any atom is 0.309 e. The third kappa shape index (κ3) is 4.41. The van der Waals surface area contributed by atoms with E-state index in [0.29, 0.717) is 55.7 Å². The molecule has 7 nitrogen and oxygen atoms in total. The van der Waals surface area contributed by atoms with Gasteiger partial charge in [0.15, 0.2) is 0 Å². The van der Waals surface area contributed by atoms with Crippen LogP contribution in [0.5, 0.6) is 0 Å². The number of ether oxygens (including phenoxy) is 1. The highest BCUT2D eigenvalue weighted by molar-refractivity contribution is 9.10. The molecule has 154 valence electrons. The molecule has 2 fully saturated rings. The number of amides is 1. The summed E-state index contributed by atoms with van der Waals surface area (Å²) in [5, 5.41) is 0. The number of rotatable bonds is 5. The summed E-state index contributed by atoms with van der Waals surface area (Å²) in [6, 6.07) is 4.60. The van der Waals surface area contributed by atoms with E-state index in [1.807, 2.05) is 0 Å². The molecule has 2 saturated heterocycles. The third-order valence-corrected chi connectivity index (χ3v) is 7.86. The van der Waals surface area contributed by atoms with Crippen LogP contribution in [0.1, 0.15) is 43.0 Å². The molecule has 0 atom stereocenters. The lowest BCUT2D eigenvalue weighted by Crippen LogP contribution is -2.40. The van der Waals surface area contributed by atoms with Crippen LogP contribution in [0.2, 0.25) is 0 Å². The molecule has 0 aromatic heterocycles. The Morgan fingerprint density at radius 3 is 2.39 bits per heavy atom. The minimum absolute atomic E-state index is 0.141. The standard InChI is InChI=1S/C19H25BrN2O5S/c1-2-27-19(24)14-7-11-21(12-8-14)18(23)16-13-15(5-6-17(16)20)28(25,26)22-9-3-4-10-22/h5-6,13-14H,2-4,7-12H2,1H3. The van der Waals surface area contributed by atoms with Crippen LogP contribution in [-0.4, -0.2) is 62.3 Å². The lowest BCUT2D eigenvalue weighted by atomic mass is 9.96. The Bertz CT molecular complexity index is 844. The number of piperidine rings is 1. The maximum absolute atomic E-state index is 13.0. The fourth-order valence-electron chi connectivity index (χ4n) is 3.66. The minimum atomic E-state index is -3.59. The number of esters is 1. The summed E-state index contributed by atoms with van der Waals surface area (Å²) >= 11 is 3.37. The van der Waals surface area contributed by atoms with Crippen LogP contribution in [0.4, 0.5) is 0 Å². The molecule has 1 aromatic carbocycles. The van der Waals surface area contributed by atoms with Crippen molar-refractivity contribution in [3.8, 4) is 0 Å². The summed E-state index contributed by atoms with van der Waals surface area (Å²) in [5.74, 6) is -0.628. The van der Waals surface area contributed by atoms with Gasteiger partial charge in [-0.2, -0.15) is 4.31 Å². The Hall–Kier alpha value is -1.45. The van der Waals surface area contributed by atoms with Crippen LogP contribution < -0.4 is 0 Å². The molecule has 0 spiro atoms. The lowest BCUT2D eigenvalue weighted by Gasteiger charge is -2.31. The number of sulfonamides is 1. The fourth-order valence-corrected chi connectivity index (χ4v) is 5.62. The van der Waals surface area contributed by atoms with E-state index >= 15 is 0 Å². The van der Waals surface area contributed by atoms with Gasteiger partial charge in [0.2, 0.25) is 10.0 Å². The Labute approximate surface area is 174 Å². The number of carbonyl (C=O) groups is 2. The van der Waals surface area contributed by atoms with Gasteiger partial charge in [-0.15, -0.1) is 0 Å². The summed E-state index contributed by atoms with van der Waals surface area (Å²) in [7, 11) is -3.59. The zero-order valence-corrected chi connectivity index (χ0v) is 18.3. The molecular formula is C19H25BrN2O5S. The maximum atomic E-state index is 13.0. The molecule has 2 aliphatic heterocycles. The first-order chi connectivity index (χ1) is 13.3. The normalized spacial score (nSPS) is 19.0. The summed E-state index contributed by atoms with van der Waals surface area (Å²) in [6.07, 6.45) is 2.82. The van der Waals surface area contributed by atoms with Gasteiger partial charge >= 0.3 is 5.97 Å². The van der Waals surface area contributed by atoms with Gasteiger partial charge in [0, 0.05) is 30.7 Å². The number of carbonyl (C=O) groups excluding carboxylic acids is 2. The van der Waals surface area contributed by atoms with Crippen LogP contribution in [0.3, 0.4) is 0 Å². The molecule has 3 rings (SSSR count). The van der Waals surface area contributed by atoms with Gasteiger partial charge in [0.1, 0.15) is 0 Å². The second kappa shape index (κ2) is 8.92. The van der Waals surface area contributed by atoms with Gasteiger partial charge in [-0.25, -0.2) is 8.42 Å². The predicted molar refractivity (Wildman–Crippen MR) is 107 cm³/mol. The topological polar surface area (TPSA) is 84.0 Å². The fraction of sp³-hybridized carbons (Fsp3) is 0.579. The van der Waals surface area contributed by atoms with Crippen molar-refractivity contribution in [1.82, 2.24) is 9.21 Å². The second-order valence-electron chi connectivity index (χ2n) is 7.07. The van der Waals surface area contributed by atoms with Crippen molar-refractivity contribution < 1.29 is 22.7 Å². The average molecular weight is 473 g/mol. The van der Waals surface area contributed by atoms with Crippen molar-refractivity contribution in [1.29, 1.82) is 0 Å². The summed E-state index contributed by atoms with van der Waals surface area (Å²) in [4.78, 5) is 26.7. The number of benzene rings is 1. The van der Waals surface area contributed by atoms with E-state index < -0.39 is 10.0 Å². The smallest absolute Gasteiger partial charge is 0.309 e. The zero-order chi connectivity index (χ0) is 20.3. The van der Waals surface area contributed by atoms with E-state index in [-0.39, 0.29) is 22.7 Å². The van der Waals surface area contributed by atoms with Crippen LogP contribution in [-0.2, 0) is 19.6 Å². The SMILES string of the molecule is CCOC(=O)C1CCN(C(=O)c2cc(S(=O)(=O)N3CCCC3)ccc2Br)CC1. The van der Waals surface area contributed by atoms with Gasteiger partial charge < -0.3 is 9.64 Å². The van der Waals surface area contributed by atoms with Crippen molar-refractivity contribution >= 4 is 37.8 Å². The molecule has 0 unspecified atom stereocenters. The quantitative estimate of drug-likeness (QED) is 0.614. The molecule has 1 aromatic rings. The Kier molecular flexibility index (Phi) is 6.77. The van der Waals surface area contributed by atoms with E-state index in [2.05, 4.69) is 15.9 Å². The highest BCUT2D eigenvalue weighted by atomic mass is 79.9. The summed E-state index contributed by atoms with van der Waals surface area (Å²) in [5.41, 5.74) is 0.329. The first-order valence-corrected chi connectivity index (χ1v) is 11.8. The molecule has 0 radical (unpaired) electrons. The van der Waals surface area contributed by atoms with Crippen molar-refractivity contribution in [2.45, 2.75) is 37.5 Å². The number of halogens is 1. The van der Waals surface area contributed by atoms with Crippen molar-refractivity contribution in [3.63, 3.8) is 0 Å². The van der Waals surface area contributed by atoms with Crippen LogP contribution >= 0.6 is 15.9 Å². The molecule has 0 aliphatic carbocycles. The number of hydrogen-bond donors (Lipinski definition) is 0. The monoisotopic (exact) mass is 472 g/mol. The number of likely N-dealkylation sites (tertiary alicyclic amines) is 1. The van der Waals surface area contributed by atoms with Gasteiger partial charge in [0.25, 0.3) is 5.91 Å². The molecule has 9 heteroatoms. The summed E-state index contributed by atoms with van der Waals surface area (Å²) < 4.78 is 32.7. The Morgan fingerprint density at radius 2 is 1.79 bits per heavy atom. The number of hydrogen-bond acceptors (Lipinski definition) is 5. The minimum Gasteiger partial charge on any atom is -0.466 e. The summed E-state index contributed by atoms with van der Waals surface area (Å²) in [6.45, 7) is 4.04. The van der Waals surface area contributed by atoms with E-state index in [4.69, 9.17) is 4.74 Å². The average Bonchev–Trinajstić information content (AvgIpc) is 3.24. The van der Waals surface area contributed by atoms with Crippen molar-refractivity contribution in [3.05, 3.63) is 28.2 Å². The van der Waals surface area contributed by atoms with Gasteiger partial charge in [-0.3, -0.25) is 9.59 Å². The highest BCUT2D eigenvalue weighted by Crippen LogP contribution is 2.28. The van der Waals surface area contributed by atoms with E-state index in [9.17, 15) is 18.0 Å². The zero-order valence-electron chi connectivity index (χ0n) is 15.9. The molecule has 1 amide bonds. The van der Waals surface area contributed by atoms with E-state index in [1.165, 1.54) is 16.4 Å². The molecule has 2 heterocycles. The molecule has 0 bridgehead atoms. The molecule has 28 heavy (non-hydrogen) atoms. The Morgan fingerprint density at radius 1 is 1.14 bits per heavy atom. The molecule has 2 aliphatic rings. The van der Waals surface area contributed by atoms with Crippen LogP contribution in [0, 0.1) is 5.92 Å². The molecule has 0 saturated carbocycles. The largest absolute Gasteiger partial charge is 0.466 e. The van der Waals surface area contributed by atoms with Crippen molar-refractivity contribution in [2.24, 2.45) is 5.92 Å².